The standard InChI is InChI=1S/C16H9BrClN3/c17-11-6-7-12-14(8-11)20-21-9-13(15(18)19-16(12)21)10-4-2-1-3-5-10/h1-9H. The van der Waals surface area contributed by atoms with Gasteiger partial charge in [-0.25, -0.2) is 9.50 Å². The minimum Gasteiger partial charge on any atom is -0.221 e. The Bertz CT molecular complexity index is 964. The maximum atomic E-state index is 6.36. The van der Waals surface area contributed by atoms with Gasteiger partial charge in [0.1, 0.15) is 5.15 Å². The van der Waals surface area contributed by atoms with Gasteiger partial charge in [0, 0.05) is 21.6 Å². The maximum absolute atomic E-state index is 6.36. The lowest BCUT2D eigenvalue weighted by Crippen LogP contribution is -1.93. The lowest BCUT2D eigenvalue weighted by atomic mass is 10.1. The Morgan fingerprint density at radius 2 is 1.86 bits per heavy atom. The van der Waals surface area contributed by atoms with Gasteiger partial charge in [0.2, 0.25) is 0 Å². The Kier molecular flexibility index (Phi) is 2.94. The van der Waals surface area contributed by atoms with Crippen LogP contribution in [0.4, 0.5) is 0 Å². The molecule has 5 heteroatoms. The minimum absolute atomic E-state index is 0.485. The summed E-state index contributed by atoms with van der Waals surface area (Å²) in [6.07, 6.45) is 1.92. The highest BCUT2D eigenvalue weighted by atomic mass is 79.9. The quantitative estimate of drug-likeness (QED) is 0.450. The molecule has 21 heavy (non-hydrogen) atoms. The Balaban J connectivity index is 2.04. The van der Waals surface area contributed by atoms with Gasteiger partial charge in [0.05, 0.1) is 5.52 Å². The predicted molar refractivity (Wildman–Crippen MR) is 88.6 cm³/mol. The number of halogens is 2. The lowest BCUT2D eigenvalue weighted by Gasteiger charge is -2.04. The summed E-state index contributed by atoms with van der Waals surface area (Å²) in [5, 5.41) is 6.04. The van der Waals surface area contributed by atoms with Crippen molar-refractivity contribution in [3.63, 3.8) is 0 Å². The fourth-order valence-corrected chi connectivity index (χ4v) is 2.99. The van der Waals surface area contributed by atoms with Crippen molar-refractivity contribution in [3.8, 4) is 11.1 Å². The molecule has 2 aromatic heterocycles. The van der Waals surface area contributed by atoms with Gasteiger partial charge >= 0.3 is 0 Å². The monoisotopic (exact) mass is 357 g/mol. The molecule has 0 saturated carbocycles. The molecule has 0 unspecified atom stereocenters. The van der Waals surface area contributed by atoms with Crippen molar-refractivity contribution in [1.29, 1.82) is 0 Å². The van der Waals surface area contributed by atoms with Crippen LogP contribution in [0.2, 0.25) is 5.15 Å². The molecule has 0 aliphatic carbocycles. The topological polar surface area (TPSA) is 30.2 Å². The third kappa shape index (κ3) is 2.11. The van der Waals surface area contributed by atoms with Crippen LogP contribution in [0.15, 0.2) is 59.2 Å². The van der Waals surface area contributed by atoms with Crippen LogP contribution in [0.3, 0.4) is 0 Å². The molecule has 4 aromatic rings. The van der Waals surface area contributed by atoms with E-state index in [2.05, 4.69) is 26.0 Å². The van der Waals surface area contributed by atoms with Gasteiger partial charge in [0.25, 0.3) is 0 Å². The first-order valence-electron chi connectivity index (χ1n) is 6.42. The van der Waals surface area contributed by atoms with E-state index >= 15 is 0 Å². The van der Waals surface area contributed by atoms with Crippen molar-refractivity contribution in [3.05, 3.63) is 64.4 Å². The second-order valence-electron chi connectivity index (χ2n) is 4.74. The van der Waals surface area contributed by atoms with Gasteiger partial charge < -0.3 is 0 Å². The van der Waals surface area contributed by atoms with Gasteiger partial charge in [0.15, 0.2) is 5.65 Å². The average Bonchev–Trinajstić information content (AvgIpc) is 2.83. The van der Waals surface area contributed by atoms with Crippen molar-refractivity contribution < 1.29 is 0 Å². The van der Waals surface area contributed by atoms with Crippen molar-refractivity contribution in [2.24, 2.45) is 0 Å². The van der Waals surface area contributed by atoms with E-state index in [1.165, 1.54) is 0 Å². The maximum Gasteiger partial charge on any atom is 0.164 e. The molecule has 0 aliphatic rings. The number of aromatic nitrogens is 3. The van der Waals surface area contributed by atoms with Gasteiger partial charge in [-0.15, -0.1) is 0 Å². The fourth-order valence-electron chi connectivity index (χ4n) is 2.41. The molecule has 2 aromatic carbocycles. The van der Waals surface area contributed by atoms with Gasteiger partial charge in [-0.05, 0) is 23.8 Å². The SMILES string of the molecule is Clc1nc2c3ccc(Br)cc3nn2cc1-c1ccccc1. The molecule has 102 valence electrons. The highest BCUT2D eigenvalue weighted by Crippen LogP contribution is 2.29. The van der Waals surface area contributed by atoms with Crippen molar-refractivity contribution in [2.75, 3.05) is 0 Å². The summed E-state index contributed by atoms with van der Waals surface area (Å²) in [6.45, 7) is 0. The summed E-state index contributed by atoms with van der Waals surface area (Å²) in [6, 6.07) is 15.9. The molecular weight excluding hydrogens is 350 g/mol. The molecule has 0 fully saturated rings. The minimum atomic E-state index is 0.485. The molecule has 0 spiro atoms. The molecule has 4 rings (SSSR count). The molecule has 0 aliphatic heterocycles. The van der Waals surface area contributed by atoms with Gasteiger partial charge in [-0.2, -0.15) is 5.10 Å². The Labute approximate surface area is 134 Å². The zero-order chi connectivity index (χ0) is 14.4. The smallest absolute Gasteiger partial charge is 0.164 e. The average molecular weight is 359 g/mol. The number of rotatable bonds is 1. The number of nitrogens with zero attached hydrogens (tertiary/aromatic N) is 3. The molecular formula is C16H9BrClN3. The summed E-state index contributed by atoms with van der Waals surface area (Å²) in [5.74, 6) is 0. The summed E-state index contributed by atoms with van der Waals surface area (Å²) in [7, 11) is 0. The number of hydrogen-bond acceptors (Lipinski definition) is 2. The van der Waals surface area contributed by atoms with Crippen LogP contribution in [-0.4, -0.2) is 14.6 Å². The summed E-state index contributed by atoms with van der Waals surface area (Å²) >= 11 is 9.82. The normalized spacial score (nSPS) is 11.3. The Hall–Kier alpha value is -1.91. The molecule has 0 N–H and O–H groups in total. The molecule has 2 heterocycles. The predicted octanol–water partition coefficient (Wildman–Crippen LogP) is 4.97. The third-order valence-corrected chi connectivity index (χ3v) is 4.18. The Morgan fingerprint density at radius 1 is 1.05 bits per heavy atom. The van der Waals surface area contributed by atoms with E-state index in [1.54, 1.807) is 4.52 Å². The molecule has 0 radical (unpaired) electrons. The molecule has 0 atom stereocenters. The first kappa shape index (κ1) is 12.8. The third-order valence-electron chi connectivity index (χ3n) is 3.40. The number of fused-ring (bicyclic) bond motifs is 3. The first-order valence-corrected chi connectivity index (χ1v) is 7.59. The van der Waals surface area contributed by atoms with E-state index in [9.17, 15) is 0 Å². The van der Waals surface area contributed by atoms with Crippen LogP contribution in [-0.2, 0) is 0 Å². The summed E-state index contributed by atoms with van der Waals surface area (Å²) in [4.78, 5) is 4.52. The van der Waals surface area contributed by atoms with Crippen LogP contribution in [0.1, 0.15) is 0 Å². The van der Waals surface area contributed by atoms with E-state index in [0.29, 0.717) is 5.15 Å². The van der Waals surface area contributed by atoms with Crippen molar-refractivity contribution in [2.45, 2.75) is 0 Å². The molecule has 0 bridgehead atoms. The van der Waals surface area contributed by atoms with Gasteiger partial charge in [-0.1, -0.05) is 57.9 Å². The first-order chi connectivity index (χ1) is 10.2. The summed E-state index contributed by atoms with van der Waals surface area (Å²) in [5.41, 5.74) is 3.55. The summed E-state index contributed by atoms with van der Waals surface area (Å²) < 4.78 is 2.78. The number of hydrogen-bond donors (Lipinski definition) is 0. The van der Waals surface area contributed by atoms with Crippen LogP contribution in [0.5, 0.6) is 0 Å². The Morgan fingerprint density at radius 3 is 2.67 bits per heavy atom. The molecule has 3 nitrogen and oxygen atoms in total. The second kappa shape index (κ2) is 4.83. The van der Waals surface area contributed by atoms with E-state index in [1.807, 2.05) is 54.7 Å². The molecule has 0 saturated heterocycles. The van der Waals surface area contributed by atoms with Crippen molar-refractivity contribution in [1.82, 2.24) is 14.6 Å². The highest BCUT2D eigenvalue weighted by molar-refractivity contribution is 9.10. The van der Waals surface area contributed by atoms with Crippen LogP contribution in [0.25, 0.3) is 27.7 Å². The van der Waals surface area contributed by atoms with Crippen LogP contribution in [0, 0.1) is 0 Å². The van der Waals surface area contributed by atoms with E-state index < -0.39 is 0 Å². The van der Waals surface area contributed by atoms with E-state index in [-0.39, 0.29) is 0 Å². The van der Waals surface area contributed by atoms with Gasteiger partial charge in [-0.3, -0.25) is 0 Å². The zero-order valence-corrected chi connectivity index (χ0v) is 13.1. The second-order valence-corrected chi connectivity index (χ2v) is 6.01. The van der Waals surface area contributed by atoms with E-state index in [0.717, 1.165) is 32.1 Å². The largest absolute Gasteiger partial charge is 0.221 e. The van der Waals surface area contributed by atoms with Crippen LogP contribution < -0.4 is 0 Å². The zero-order valence-electron chi connectivity index (χ0n) is 10.8. The molecule has 0 amide bonds. The lowest BCUT2D eigenvalue weighted by molar-refractivity contribution is 0.959. The number of benzene rings is 2. The van der Waals surface area contributed by atoms with Crippen molar-refractivity contribution >= 4 is 44.1 Å². The van der Waals surface area contributed by atoms with Crippen LogP contribution >= 0.6 is 27.5 Å². The van der Waals surface area contributed by atoms with E-state index in [4.69, 9.17) is 11.6 Å². The fraction of sp³-hybridized carbons (Fsp3) is 0. The highest BCUT2D eigenvalue weighted by Gasteiger charge is 2.12.